The number of rotatable bonds is 5. The Labute approximate surface area is 135 Å². The zero-order valence-electron chi connectivity index (χ0n) is 12.4. The molecule has 0 radical (unpaired) electrons. The van der Waals surface area contributed by atoms with Crippen molar-refractivity contribution in [2.45, 2.75) is 31.6 Å². The van der Waals surface area contributed by atoms with E-state index in [9.17, 15) is 13.2 Å². The number of halogens is 3. The fourth-order valence-corrected chi connectivity index (χ4v) is 3.31. The van der Waals surface area contributed by atoms with Crippen LogP contribution in [0.1, 0.15) is 18.5 Å². The van der Waals surface area contributed by atoms with E-state index in [1.54, 1.807) is 0 Å². The van der Waals surface area contributed by atoms with Crippen LogP contribution in [0.4, 0.5) is 13.2 Å². The molecule has 1 aliphatic heterocycles. The van der Waals surface area contributed by atoms with E-state index < -0.39 is 12.7 Å². The maximum absolute atomic E-state index is 12.9. The smallest absolute Gasteiger partial charge is 0.401 e. The highest BCUT2D eigenvalue weighted by Gasteiger charge is 2.35. The molecule has 0 saturated carbocycles. The first kappa shape index (κ1) is 16.5. The molecule has 2 aromatic rings. The van der Waals surface area contributed by atoms with Gasteiger partial charge in [-0.1, -0.05) is 6.07 Å². The highest BCUT2D eigenvalue weighted by atomic mass is 32.1. The molecule has 0 N–H and O–H groups in total. The zero-order chi connectivity index (χ0) is 16.3. The topological polar surface area (TPSA) is 38.5 Å². The Hall–Kier alpha value is -1.38. The highest BCUT2D eigenvalue weighted by molar-refractivity contribution is 7.13. The number of hydrogen-bond acceptors (Lipinski definition) is 5. The van der Waals surface area contributed by atoms with E-state index >= 15 is 0 Å². The van der Waals surface area contributed by atoms with Crippen molar-refractivity contribution in [3.05, 3.63) is 29.5 Å². The normalized spacial score (nSPS) is 19.4. The average Bonchev–Trinajstić information content (AvgIpc) is 3.17. The average molecular weight is 346 g/mol. The van der Waals surface area contributed by atoms with Crippen LogP contribution < -0.4 is 0 Å². The predicted octanol–water partition coefficient (Wildman–Crippen LogP) is 3.95. The van der Waals surface area contributed by atoms with Crippen LogP contribution in [0.3, 0.4) is 0 Å². The SMILES string of the molecule is FC(F)(F)CN(Cc1coc(-c2cccs2)n1)[C@H]1CCCOC1. The molecule has 3 heterocycles. The summed E-state index contributed by atoms with van der Waals surface area (Å²) < 4.78 is 49.3. The Morgan fingerprint density at radius 3 is 2.91 bits per heavy atom. The molecule has 2 aromatic heterocycles. The summed E-state index contributed by atoms with van der Waals surface area (Å²) in [6, 6.07) is 3.49. The van der Waals surface area contributed by atoms with Gasteiger partial charge in [-0.25, -0.2) is 4.98 Å². The Morgan fingerprint density at radius 1 is 1.39 bits per heavy atom. The minimum absolute atomic E-state index is 0.0996. The molecule has 23 heavy (non-hydrogen) atoms. The van der Waals surface area contributed by atoms with Crippen molar-refractivity contribution in [3.63, 3.8) is 0 Å². The molecule has 1 aliphatic rings. The molecular weight excluding hydrogens is 329 g/mol. The molecule has 1 fully saturated rings. The first-order valence-corrected chi connectivity index (χ1v) is 8.26. The monoisotopic (exact) mass is 346 g/mol. The van der Waals surface area contributed by atoms with Crippen LogP contribution >= 0.6 is 11.3 Å². The predicted molar refractivity (Wildman–Crippen MR) is 80.1 cm³/mol. The van der Waals surface area contributed by atoms with Gasteiger partial charge in [0.15, 0.2) is 0 Å². The molecule has 1 saturated heterocycles. The molecule has 0 aliphatic carbocycles. The summed E-state index contributed by atoms with van der Waals surface area (Å²) in [4.78, 5) is 6.56. The molecule has 0 unspecified atom stereocenters. The van der Waals surface area contributed by atoms with Gasteiger partial charge in [-0.15, -0.1) is 11.3 Å². The molecular formula is C15H17F3N2O2S. The number of oxazole rings is 1. The second-order valence-corrected chi connectivity index (χ2v) is 6.46. The highest BCUT2D eigenvalue weighted by Crippen LogP contribution is 2.26. The minimum Gasteiger partial charge on any atom is -0.444 e. The van der Waals surface area contributed by atoms with Crippen LogP contribution in [0.2, 0.25) is 0 Å². The quantitative estimate of drug-likeness (QED) is 0.822. The van der Waals surface area contributed by atoms with Crippen molar-refractivity contribution in [1.29, 1.82) is 0 Å². The van der Waals surface area contributed by atoms with Crippen LogP contribution in [-0.4, -0.2) is 41.9 Å². The third-order valence-electron chi connectivity index (χ3n) is 3.68. The van der Waals surface area contributed by atoms with Gasteiger partial charge in [0.2, 0.25) is 5.89 Å². The third kappa shape index (κ3) is 4.55. The summed E-state index contributed by atoms with van der Waals surface area (Å²) in [5, 5.41) is 1.90. The van der Waals surface area contributed by atoms with Crippen LogP contribution in [0.15, 0.2) is 28.2 Å². The number of nitrogens with zero attached hydrogens (tertiary/aromatic N) is 2. The fourth-order valence-electron chi connectivity index (χ4n) is 2.66. The lowest BCUT2D eigenvalue weighted by molar-refractivity contribution is -0.157. The first-order valence-electron chi connectivity index (χ1n) is 7.38. The summed E-state index contributed by atoms with van der Waals surface area (Å²) in [7, 11) is 0. The maximum Gasteiger partial charge on any atom is 0.401 e. The summed E-state index contributed by atoms with van der Waals surface area (Å²) >= 11 is 1.48. The van der Waals surface area contributed by atoms with Crippen LogP contribution in [0.5, 0.6) is 0 Å². The summed E-state index contributed by atoms with van der Waals surface area (Å²) in [5.74, 6) is 0.446. The molecule has 3 rings (SSSR count). The summed E-state index contributed by atoms with van der Waals surface area (Å²) in [6.45, 7) is 0.0686. The van der Waals surface area contributed by atoms with Crippen LogP contribution in [0, 0.1) is 0 Å². The lowest BCUT2D eigenvalue weighted by atomic mass is 10.1. The van der Waals surface area contributed by atoms with E-state index in [1.165, 1.54) is 22.5 Å². The lowest BCUT2D eigenvalue weighted by Gasteiger charge is -2.34. The zero-order valence-corrected chi connectivity index (χ0v) is 13.2. The van der Waals surface area contributed by atoms with E-state index in [1.807, 2.05) is 17.5 Å². The summed E-state index contributed by atoms with van der Waals surface area (Å²) in [5.41, 5.74) is 0.503. The second kappa shape index (κ2) is 7.02. The number of ether oxygens (including phenoxy) is 1. The van der Waals surface area contributed by atoms with Gasteiger partial charge in [0.25, 0.3) is 0 Å². The third-order valence-corrected chi connectivity index (χ3v) is 4.54. The Kier molecular flexibility index (Phi) is 5.03. The molecule has 8 heteroatoms. The van der Waals surface area contributed by atoms with E-state index in [0.29, 0.717) is 31.2 Å². The van der Waals surface area contributed by atoms with Gasteiger partial charge >= 0.3 is 6.18 Å². The fraction of sp³-hybridized carbons (Fsp3) is 0.533. The van der Waals surface area contributed by atoms with Crippen molar-refractivity contribution in [1.82, 2.24) is 9.88 Å². The second-order valence-electron chi connectivity index (χ2n) is 5.51. The van der Waals surface area contributed by atoms with E-state index in [0.717, 1.165) is 11.3 Å². The molecule has 4 nitrogen and oxygen atoms in total. The van der Waals surface area contributed by atoms with Gasteiger partial charge in [-0.2, -0.15) is 13.2 Å². The van der Waals surface area contributed by atoms with E-state index in [2.05, 4.69) is 4.98 Å². The van der Waals surface area contributed by atoms with Crippen molar-refractivity contribution < 1.29 is 22.3 Å². The van der Waals surface area contributed by atoms with Crippen molar-refractivity contribution >= 4 is 11.3 Å². The van der Waals surface area contributed by atoms with Gasteiger partial charge in [-0.05, 0) is 24.3 Å². The molecule has 0 aromatic carbocycles. The van der Waals surface area contributed by atoms with Crippen LogP contribution in [-0.2, 0) is 11.3 Å². The standard InChI is InChI=1S/C15H17F3N2O2S/c16-15(17,18)10-20(12-3-1-5-21-9-12)7-11-8-22-14(19-11)13-4-2-6-23-13/h2,4,6,8,12H,1,3,5,7,9-10H2/t12-/m0/s1. The molecule has 0 bridgehead atoms. The lowest BCUT2D eigenvalue weighted by Crippen LogP contribution is -2.45. The minimum atomic E-state index is -4.25. The van der Waals surface area contributed by atoms with Crippen LogP contribution in [0.25, 0.3) is 10.8 Å². The molecule has 0 spiro atoms. The largest absolute Gasteiger partial charge is 0.444 e. The van der Waals surface area contributed by atoms with Gasteiger partial charge in [-0.3, -0.25) is 4.90 Å². The van der Waals surface area contributed by atoms with E-state index in [4.69, 9.17) is 9.15 Å². The number of aromatic nitrogens is 1. The number of alkyl halides is 3. The van der Waals surface area contributed by atoms with Gasteiger partial charge in [0.1, 0.15) is 6.26 Å². The number of hydrogen-bond donors (Lipinski definition) is 0. The van der Waals surface area contributed by atoms with Gasteiger partial charge in [0.05, 0.1) is 23.7 Å². The molecule has 0 amide bonds. The van der Waals surface area contributed by atoms with Crippen molar-refractivity contribution in [3.8, 4) is 10.8 Å². The Bertz CT molecular complexity index is 607. The Morgan fingerprint density at radius 2 is 2.26 bits per heavy atom. The number of thiophene rings is 1. The first-order chi connectivity index (χ1) is 11.0. The van der Waals surface area contributed by atoms with Crippen molar-refractivity contribution in [2.75, 3.05) is 19.8 Å². The maximum atomic E-state index is 12.9. The summed E-state index contributed by atoms with van der Waals surface area (Å²) in [6.07, 6.45) is -1.34. The van der Waals surface area contributed by atoms with Crippen molar-refractivity contribution in [2.24, 2.45) is 0 Å². The molecule has 1 atom stereocenters. The van der Waals surface area contributed by atoms with Gasteiger partial charge < -0.3 is 9.15 Å². The van der Waals surface area contributed by atoms with Gasteiger partial charge in [0, 0.05) is 19.2 Å². The Balaban J connectivity index is 1.72. The van der Waals surface area contributed by atoms with E-state index in [-0.39, 0.29) is 12.6 Å². The molecule has 126 valence electrons.